The molecule has 3 heteroatoms. The fourth-order valence-corrected chi connectivity index (χ4v) is 2.07. The summed E-state index contributed by atoms with van der Waals surface area (Å²) >= 11 is 6.07. The molecule has 0 amide bonds. The molecule has 0 spiro atoms. The Morgan fingerprint density at radius 3 is 2.50 bits per heavy atom. The van der Waals surface area contributed by atoms with Gasteiger partial charge in [-0.1, -0.05) is 41.4 Å². The smallest absolute Gasteiger partial charge is 0.128 e. The molecule has 1 nitrogen and oxygen atoms in total. The zero-order valence-corrected chi connectivity index (χ0v) is 11.1. The van der Waals surface area contributed by atoms with Crippen LogP contribution in [0.15, 0.2) is 36.4 Å². The summed E-state index contributed by atoms with van der Waals surface area (Å²) in [7, 11) is 0. The second kappa shape index (κ2) is 5.09. The molecule has 2 aromatic carbocycles. The molecule has 0 aliphatic heterocycles. The third kappa shape index (κ3) is 2.55. The number of hydrogen-bond acceptors (Lipinski definition) is 1. The lowest BCUT2D eigenvalue weighted by Gasteiger charge is -2.15. The maximum absolute atomic E-state index is 13.8. The summed E-state index contributed by atoms with van der Waals surface area (Å²) in [4.78, 5) is 0. The van der Waals surface area contributed by atoms with Gasteiger partial charge in [-0.05, 0) is 37.1 Å². The third-order valence-corrected chi connectivity index (χ3v) is 3.45. The number of halogens is 2. The number of nitrogens with two attached hydrogens (primary N) is 1. The first-order valence-electron chi connectivity index (χ1n) is 5.76. The highest BCUT2D eigenvalue weighted by molar-refractivity contribution is 6.31. The molecule has 0 saturated carbocycles. The Morgan fingerprint density at radius 1 is 1.11 bits per heavy atom. The zero-order valence-electron chi connectivity index (χ0n) is 10.4. The van der Waals surface area contributed by atoms with E-state index in [-0.39, 0.29) is 5.82 Å². The molecule has 0 heterocycles. The molecule has 2 N–H and O–H groups in total. The average Bonchev–Trinajstić information content (AvgIpc) is 2.35. The van der Waals surface area contributed by atoms with Gasteiger partial charge in [-0.25, -0.2) is 4.39 Å². The Morgan fingerprint density at radius 2 is 1.83 bits per heavy atom. The van der Waals surface area contributed by atoms with E-state index in [4.69, 9.17) is 17.3 Å². The molecule has 94 valence electrons. The first-order chi connectivity index (χ1) is 8.49. The van der Waals surface area contributed by atoms with Gasteiger partial charge in [0.1, 0.15) is 5.82 Å². The van der Waals surface area contributed by atoms with Crippen molar-refractivity contribution in [3.63, 3.8) is 0 Å². The van der Waals surface area contributed by atoms with Crippen molar-refractivity contribution in [1.29, 1.82) is 0 Å². The fourth-order valence-electron chi connectivity index (χ4n) is 1.88. The Balaban J connectivity index is 2.44. The van der Waals surface area contributed by atoms with Crippen LogP contribution in [-0.2, 0) is 0 Å². The average molecular weight is 264 g/mol. The van der Waals surface area contributed by atoms with Crippen molar-refractivity contribution in [3.05, 3.63) is 69.5 Å². The van der Waals surface area contributed by atoms with E-state index in [1.54, 1.807) is 18.2 Å². The van der Waals surface area contributed by atoms with Crippen LogP contribution in [0.1, 0.15) is 28.3 Å². The lowest BCUT2D eigenvalue weighted by molar-refractivity contribution is 0.599. The van der Waals surface area contributed by atoms with Crippen LogP contribution in [-0.4, -0.2) is 0 Å². The van der Waals surface area contributed by atoms with Crippen molar-refractivity contribution >= 4 is 11.6 Å². The summed E-state index contributed by atoms with van der Waals surface area (Å²) < 4.78 is 13.8. The van der Waals surface area contributed by atoms with Gasteiger partial charge in [0.25, 0.3) is 0 Å². The van der Waals surface area contributed by atoms with Gasteiger partial charge in [-0.3, -0.25) is 0 Å². The molecule has 1 atom stereocenters. The van der Waals surface area contributed by atoms with E-state index < -0.39 is 6.04 Å². The van der Waals surface area contributed by atoms with E-state index >= 15 is 0 Å². The van der Waals surface area contributed by atoms with E-state index in [2.05, 4.69) is 0 Å². The third-order valence-electron chi connectivity index (χ3n) is 3.04. The van der Waals surface area contributed by atoms with Crippen molar-refractivity contribution < 1.29 is 4.39 Å². The molecule has 1 unspecified atom stereocenters. The number of benzene rings is 2. The predicted molar refractivity (Wildman–Crippen MR) is 73.4 cm³/mol. The van der Waals surface area contributed by atoms with Gasteiger partial charge in [0.15, 0.2) is 0 Å². The largest absolute Gasteiger partial charge is 0.320 e. The molecule has 2 aromatic rings. The fraction of sp³-hybridized carbons (Fsp3) is 0.200. The van der Waals surface area contributed by atoms with E-state index in [1.807, 2.05) is 26.0 Å². The maximum atomic E-state index is 13.8. The molecule has 0 saturated heterocycles. The van der Waals surface area contributed by atoms with E-state index in [9.17, 15) is 4.39 Å². The summed E-state index contributed by atoms with van der Waals surface area (Å²) in [5.74, 6) is -0.287. The Kier molecular flexibility index (Phi) is 3.69. The van der Waals surface area contributed by atoms with E-state index in [1.165, 1.54) is 6.07 Å². The van der Waals surface area contributed by atoms with Crippen molar-refractivity contribution in [2.45, 2.75) is 19.9 Å². The molecular weight excluding hydrogens is 249 g/mol. The molecule has 0 aliphatic rings. The summed E-state index contributed by atoms with van der Waals surface area (Å²) in [5.41, 5.74) is 9.39. The van der Waals surface area contributed by atoms with Crippen LogP contribution < -0.4 is 5.73 Å². The lowest BCUT2D eigenvalue weighted by atomic mass is 9.97. The molecule has 18 heavy (non-hydrogen) atoms. The highest BCUT2D eigenvalue weighted by atomic mass is 35.5. The topological polar surface area (TPSA) is 26.0 Å². The minimum Gasteiger partial charge on any atom is -0.320 e. The molecule has 2 rings (SSSR count). The van der Waals surface area contributed by atoms with Gasteiger partial charge in [0, 0.05) is 10.6 Å². The van der Waals surface area contributed by atoms with E-state index in [0.717, 1.165) is 16.7 Å². The minimum atomic E-state index is -0.497. The van der Waals surface area contributed by atoms with Crippen LogP contribution in [0.5, 0.6) is 0 Å². The SMILES string of the molecule is Cc1ccc(F)c(C(N)c2ccc(C)c(Cl)c2)c1. The monoisotopic (exact) mass is 263 g/mol. The van der Waals surface area contributed by atoms with Crippen LogP contribution in [0.4, 0.5) is 4.39 Å². The molecule has 0 aromatic heterocycles. The lowest BCUT2D eigenvalue weighted by Crippen LogP contribution is -2.14. The zero-order chi connectivity index (χ0) is 13.3. The predicted octanol–water partition coefficient (Wildman–Crippen LogP) is 4.14. The van der Waals surface area contributed by atoms with E-state index in [0.29, 0.717) is 10.6 Å². The second-order valence-electron chi connectivity index (χ2n) is 4.51. The highest BCUT2D eigenvalue weighted by Gasteiger charge is 2.14. The van der Waals surface area contributed by atoms with Crippen LogP contribution in [0.3, 0.4) is 0 Å². The van der Waals surface area contributed by atoms with Gasteiger partial charge in [0.05, 0.1) is 6.04 Å². The molecule has 0 fully saturated rings. The summed E-state index contributed by atoms with van der Waals surface area (Å²) in [6.07, 6.45) is 0. The Hall–Kier alpha value is -1.38. The first-order valence-corrected chi connectivity index (χ1v) is 6.14. The molecule has 0 aliphatic carbocycles. The van der Waals surface area contributed by atoms with Crippen LogP contribution in [0.2, 0.25) is 5.02 Å². The number of rotatable bonds is 2. The van der Waals surface area contributed by atoms with Gasteiger partial charge in [-0.15, -0.1) is 0 Å². The van der Waals surface area contributed by atoms with Crippen LogP contribution in [0.25, 0.3) is 0 Å². The number of hydrogen-bond donors (Lipinski definition) is 1. The number of aryl methyl sites for hydroxylation is 2. The van der Waals surface area contributed by atoms with Gasteiger partial charge < -0.3 is 5.73 Å². The normalized spacial score (nSPS) is 12.5. The summed E-state index contributed by atoms with van der Waals surface area (Å²) in [6, 6.07) is 10.0. The highest BCUT2D eigenvalue weighted by Crippen LogP contribution is 2.26. The minimum absolute atomic E-state index is 0.287. The Bertz CT molecular complexity index is 581. The summed E-state index contributed by atoms with van der Waals surface area (Å²) in [5, 5.41) is 0.649. The van der Waals surface area contributed by atoms with Crippen molar-refractivity contribution in [3.8, 4) is 0 Å². The van der Waals surface area contributed by atoms with Crippen molar-refractivity contribution in [2.24, 2.45) is 5.73 Å². The Labute approximate surface area is 111 Å². The van der Waals surface area contributed by atoms with Gasteiger partial charge >= 0.3 is 0 Å². The quantitative estimate of drug-likeness (QED) is 0.866. The standard InChI is InChI=1S/C15H15ClFN/c1-9-3-6-14(17)12(7-9)15(18)11-5-4-10(2)13(16)8-11/h3-8,15H,18H2,1-2H3. The van der Waals surface area contributed by atoms with Crippen molar-refractivity contribution in [1.82, 2.24) is 0 Å². The van der Waals surface area contributed by atoms with Gasteiger partial charge in [0.2, 0.25) is 0 Å². The molecule has 0 radical (unpaired) electrons. The maximum Gasteiger partial charge on any atom is 0.128 e. The van der Waals surface area contributed by atoms with Crippen LogP contribution in [0, 0.1) is 19.7 Å². The second-order valence-corrected chi connectivity index (χ2v) is 4.92. The molecule has 0 bridgehead atoms. The summed E-state index contributed by atoms with van der Waals surface area (Å²) in [6.45, 7) is 3.84. The van der Waals surface area contributed by atoms with Crippen molar-refractivity contribution in [2.75, 3.05) is 0 Å². The van der Waals surface area contributed by atoms with Crippen LogP contribution >= 0.6 is 11.6 Å². The molecular formula is C15H15ClFN. The first kappa shape index (κ1) is 13.1. The van der Waals surface area contributed by atoms with Gasteiger partial charge in [-0.2, -0.15) is 0 Å².